The maximum Gasteiger partial charge on any atom is 0.305 e. The average molecular weight is 329 g/mol. The number of benzene rings is 1. The molecule has 0 spiro atoms. The average Bonchev–Trinajstić information content (AvgIpc) is 3.19. The monoisotopic (exact) mass is 329 g/mol. The molecule has 0 radical (unpaired) electrons. The summed E-state index contributed by atoms with van der Waals surface area (Å²) in [5.41, 5.74) is 0.973. The first-order valence-electron chi connectivity index (χ1n) is 7.76. The summed E-state index contributed by atoms with van der Waals surface area (Å²) in [5, 5.41) is 16.0. The Labute approximate surface area is 139 Å². The molecule has 0 bridgehead atoms. The Morgan fingerprint density at radius 1 is 1.33 bits per heavy atom. The quantitative estimate of drug-likeness (QED) is 0.829. The largest absolute Gasteiger partial charge is 0.481 e. The van der Waals surface area contributed by atoms with Gasteiger partial charge in [-0.3, -0.25) is 9.59 Å². The van der Waals surface area contributed by atoms with Gasteiger partial charge in [0.2, 0.25) is 5.91 Å². The van der Waals surface area contributed by atoms with Gasteiger partial charge < -0.3 is 15.2 Å². The first-order valence-corrected chi connectivity index (χ1v) is 7.76. The van der Waals surface area contributed by atoms with E-state index in [1.165, 1.54) is 0 Å². The Morgan fingerprint density at radius 3 is 2.71 bits per heavy atom. The summed E-state index contributed by atoms with van der Waals surface area (Å²) in [6.07, 6.45) is 4.13. The first kappa shape index (κ1) is 16.2. The second kappa shape index (κ2) is 6.84. The maximum absolute atomic E-state index is 12.3. The van der Waals surface area contributed by atoms with Gasteiger partial charge in [-0.25, -0.2) is 4.68 Å². The third-order valence-electron chi connectivity index (χ3n) is 4.07. The number of amides is 1. The van der Waals surface area contributed by atoms with Gasteiger partial charge in [0, 0.05) is 19.0 Å². The number of carboxylic acids is 1. The lowest BCUT2D eigenvalue weighted by molar-refractivity contribution is -0.139. The van der Waals surface area contributed by atoms with E-state index in [4.69, 9.17) is 9.84 Å². The summed E-state index contributed by atoms with van der Waals surface area (Å²) >= 11 is 0. The van der Waals surface area contributed by atoms with Gasteiger partial charge in [0.25, 0.3) is 0 Å². The topological polar surface area (TPSA) is 93.5 Å². The van der Waals surface area contributed by atoms with E-state index < -0.39 is 11.5 Å². The molecule has 1 aliphatic rings. The van der Waals surface area contributed by atoms with Gasteiger partial charge in [0.15, 0.2) is 0 Å². The number of nitrogens with one attached hydrogen (secondary N) is 1. The van der Waals surface area contributed by atoms with E-state index in [9.17, 15) is 9.59 Å². The highest BCUT2D eigenvalue weighted by molar-refractivity contribution is 5.80. The normalized spacial score (nSPS) is 20.0. The van der Waals surface area contributed by atoms with Crippen molar-refractivity contribution in [2.75, 3.05) is 13.2 Å². The molecular formula is C17H19N3O4. The van der Waals surface area contributed by atoms with E-state index >= 15 is 0 Å². The highest BCUT2D eigenvalue weighted by Crippen LogP contribution is 2.23. The van der Waals surface area contributed by atoms with Crippen molar-refractivity contribution in [3.63, 3.8) is 0 Å². The molecule has 24 heavy (non-hydrogen) atoms. The van der Waals surface area contributed by atoms with Gasteiger partial charge in [-0.1, -0.05) is 12.1 Å². The number of carbonyl (C=O) groups excluding carboxylic acids is 1. The molecule has 2 aromatic rings. The van der Waals surface area contributed by atoms with E-state index in [1.54, 1.807) is 10.9 Å². The third-order valence-corrected chi connectivity index (χ3v) is 4.07. The van der Waals surface area contributed by atoms with Crippen LogP contribution in [0.3, 0.4) is 0 Å². The van der Waals surface area contributed by atoms with Gasteiger partial charge in [0.1, 0.15) is 0 Å². The van der Waals surface area contributed by atoms with Crippen LogP contribution in [0.15, 0.2) is 42.7 Å². The minimum absolute atomic E-state index is 0.128. The van der Waals surface area contributed by atoms with Crippen molar-refractivity contribution in [3.8, 4) is 5.69 Å². The zero-order valence-corrected chi connectivity index (χ0v) is 13.1. The third kappa shape index (κ3) is 3.80. The number of aliphatic carboxylic acids is 1. The van der Waals surface area contributed by atoms with Crippen molar-refractivity contribution in [2.24, 2.45) is 0 Å². The second-order valence-electron chi connectivity index (χ2n) is 6.00. The smallest absolute Gasteiger partial charge is 0.305 e. The van der Waals surface area contributed by atoms with Crippen molar-refractivity contribution in [3.05, 3.63) is 48.3 Å². The Kier molecular flexibility index (Phi) is 4.61. The molecule has 1 aliphatic heterocycles. The summed E-state index contributed by atoms with van der Waals surface area (Å²) in [4.78, 5) is 23.3. The molecule has 7 nitrogen and oxygen atoms in total. The summed E-state index contributed by atoms with van der Waals surface area (Å²) in [7, 11) is 0. The van der Waals surface area contributed by atoms with Crippen LogP contribution in [-0.2, 0) is 20.7 Å². The van der Waals surface area contributed by atoms with Crippen LogP contribution in [0.4, 0.5) is 0 Å². The van der Waals surface area contributed by atoms with Crippen LogP contribution >= 0.6 is 0 Å². The van der Waals surface area contributed by atoms with Crippen molar-refractivity contribution >= 4 is 11.9 Å². The minimum atomic E-state index is -0.940. The highest BCUT2D eigenvalue weighted by Gasteiger charge is 2.38. The number of carboxylic acid groups (broad SMARTS) is 1. The van der Waals surface area contributed by atoms with Crippen molar-refractivity contribution in [1.82, 2.24) is 15.1 Å². The van der Waals surface area contributed by atoms with E-state index in [2.05, 4.69) is 10.4 Å². The lowest BCUT2D eigenvalue weighted by atomic mass is 9.94. The summed E-state index contributed by atoms with van der Waals surface area (Å²) < 4.78 is 7.02. The zero-order valence-electron chi connectivity index (χ0n) is 13.1. The Hall–Kier alpha value is -2.67. The van der Waals surface area contributed by atoms with Gasteiger partial charge in [-0.2, -0.15) is 5.10 Å². The number of carbonyl (C=O) groups is 2. The fraction of sp³-hybridized carbons (Fsp3) is 0.353. The van der Waals surface area contributed by atoms with Crippen molar-refractivity contribution in [1.29, 1.82) is 0 Å². The number of nitrogens with zero attached hydrogens (tertiary/aromatic N) is 2. The fourth-order valence-corrected chi connectivity index (χ4v) is 2.89. The minimum Gasteiger partial charge on any atom is -0.481 e. The van der Waals surface area contributed by atoms with E-state index in [1.807, 2.05) is 36.5 Å². The number of hydrogen-bond acceptors (Lipinski definition) is 4. The van der Waals surface area contributed by atoms with Crippen LogP contribution in [0, 0.1) is 0 Å². The van der Waals surface area contributed by atoms with E-state index in [0.717, 1.165) is 11.3 Å². The molecule has 2 heterocycles. The van der Waals surface area contributed by atoms with Crippen molar-refractivity contribution < 1.29 is 19.4 Å². The zero-order chi connectivity index (χ0) is 17.0. The number of ether oxygens (including phenoxy) is 1. The molecule has 1 aromatic heterocycles. The Bertz CT molecular complexity index is 704. The number of rotatable bonds is 6. The van der Waals surface area contributed by atoms with Crippen LogP contribution in [0.1, 0.15) is 18.4 Å². The molecule has 3 rings (SSSR count). The summed E-state index contributed by atoms with van der Waals surface area (Å²) in [6, 6.07) is 9.35. The van der Waals surface area contributed by atoms with Crippen LogP contribution in [0.2, 0.25) is 0 Å². The molecule has 1 amide bonds. The summed E-state index contributed by atoms with van der Waals surface area (Å²) in [5.74, 6) is -1.14. The van der Waals surface area contributed by atoms with E-state index in [-0.39, 0.29) is 25.4 Å². The lowest BCUT2D eigenvalue weighted by Crippen LogP contribution is -2.51. The Morgan fingerprint density at radius 2 is 2.12 bits per heavy atom. The number of hydrogen-bond donors (Lipinski definition) is 2. The van der Waals surface area contributed by atoms with Gasteiger partial charge in [-0.05, 0) is 30.2 Å². The molecule has 2 N–H and O–H groups in total. The standard InChI is InChI=1S/C17H19N3O4/c21-15(19-17(11-16(22)23)6-9-24-12-17)10-13-2-4-14(5-3-13)20-8-1-7-18-20/h1-5,7-8H,6,9-12H2,(H,19,21)(H,22,23). The maximum atomic E-state index is 12.3. The van der Waals surface area contributed by atoms with Gasteiger partial charge in [-0.15, -0.1) is 0 Å². The van der Waals surface area contributed by atoms with Crippen LogP contribution in [0.25, 0.3) is 5.69 Å². The lowest BCUT2D eigenvalue weighted by Gasteiger charge is -2.27. The molecule has 1 aromatic carbocycles. The van der Waals surface area contributed by atoms with Crippen LogP contribution in [-0.4, -0.2) is 45.5 Å². The van der Waals surface area contributed by atoms with Gasteiger partial charge in [0.05, 0.1) is 30.7 Å². The highest BCUT2D eigenvalue weighted by atomic mass is 16.5. The molecule has 0 aliphatic carbocycles. The van der Waals surface area contributed by atoms with Crippen LogP contribution < -0.4 is 5.32 Å². The molecule has 7 heteroatoms. The van der Waals surface area contributed by atoms with Gasteiger partial charge >= 0.3 is 5.97 Å². The molecule has 1 saturated heterocycles. The first-order chi connectivity index (χ1) is 11.6. The molecule has 126 valence electrons. The predicted octanol–water partition coefficient (Wildman–Crippen LogP) is 1.16. The molecule has 1 atom stereocenters. The summed E-state index contributed by atoms with van der Waals surface area (Å²) in [6.45, 7) is 0.704. The number of aromatic nitrogens is 2. The second-order valence-corrected chi connectivity index (χ2v) is 6.00. The Balaban J connectivity index is 1.63. The van der Waals surface area contributed by atoms with Crippen LogP contribution in [0.5, 0.6) is 0 Å². The predicted molar refractivity (Wildman–Crippen MR) is 85.8 cm³/mol. The molecule has 1 unspecified atom stereocenters. The van der Waals surface area contributed by atoms with Crippen molar-refractivity contribution in [2.45, 2.75) is 24.8 Å². The SMILES string of the molecule is O=C(O)CC1(NC(=O)Cc2ccc(-n3cccn3)cc2)CCOC1. The molecule has 0 saturated carbocycles. The molecular weight excluding hydrogens is 310 g/mol. The van der Waals surface area contributed by atoms with E-state index in [0.29, 0.717) is 13.0 Å². The fourth-order valence-electron chi connectivity index (χ4n) is 2.89. The molecule has 1 fully saturated rings.